The summed E-state index contributed by atoms with van der Waals surface area (Å²) in [5.74, 6) is 0. The Labute approximate surface area is 111 Å². The van der Waals surface area contributed by atoms with Crippen LogP contribution >= 0.6 is 0 Å². The molecule has 6 nitrogen and oxygen atoms in total. The quantitative estimate of drug-likeness (QED) is 0.602. The lowest BCUT2D eigenvalue weighted by Crippen LogP contribution is -2.34. The van der Waals surface area contributed by atoms with Crippen LogP contribution in [-0.2, 0) is 4.74 Å². The van der Waals surface area contributed by atoms with Crippen LogP contribution in [0.1, 0.15) is 25.5 Å². The zero-order valence-corrected chi connectivity index (χ0v) is 10.9. The highest BCUT2D eigenvalue weighted by Crippen LogP contribution is 2.29. The van der Waals surface area contributed by atoms with E-state index in [1.54, 1.807) is 38.1 Å². The Morgan fingerprint density at radius 1 is 1.53 bits per heavy atom. The second-order valence-corrected chi connectivity index (χ2v) is 3.81. The van der Waals surface area contributed by atoms with Crippen molar-refractivity contribution >= 4 is 11.8 Å². The Morgan fingerprint density at radius 2 is 2.21 bits per heavy atom. The zero-order chi connectivity index (χ0) is 14.3. The fraction of sp³-hybridized carbons (Fsp3) is 0.385. The van der Waals surface area contributed by atoms with Gasteiger partial charge in [0.2, 0.25) is 0 Å². The number of hydrogen-bond acceptors (Lipinski definition) is 5. The van der Waals surface area contributed by atoms with Gasteiger partial charge < -0.3 is 4.74 Å². The third-order valence-corrected chi connectivity index (χ3v) is 2.70. The van der Waals surface area contributed by atoms with E-state index in [0.29, 0.717) is 5.56 Å². The van der Waals surface area contributed by atoms with Gasteiger partial charge in [0.25, 0.3) is 0 Å². The van der Waals surface area contributed by atoms with Crippen LogP contribution in [0.4, 0.5) is 10.5 Å². The molecule has 0 fully saturated rings. The molecule has 6 heteroatoms. The van der Waals surface area contributed by atoms with Crippen LogP contribution in [0.25, 0.3) is 0 Å². The molecule has 0 spiro atoms. The molecule has 1 aromatic carbocycles. The molecule has 1 rings (SSSR count). The lowest BCUT2D eigenvalue weighted by atomic mass is 10.1. The van der Waals surface area contributed by atoms with Crippen LogP contribution in [0.5, 0.6) is 0 Å². The first kappa shape index (κ1) is 14.6. The molecule has 0 aromatic heterocycles. The molecule has 1 unspecified atom stereocenters. The topological polar surface area (TPSA) is 82.8 Å². The summed E-state index contributed by atoms with van der Waals surface area (Å²) in [5.41, 5.74) is 0.836. The maximum atomic E-state index is 11.8. The summed E-state index contributed by atoms with van der Waals surface area (Å²) in [5, 5.41) is 11.7. The van der Waals surface area contributed by atoms with E-state index in [-0.39, 0.29) is 18.8 Å². The maximum absolute atomic E-state index is 11.8. The third-order valence-electron chi connectivity index (χ3n) is 2.70. The number of hydrogen-bond donors (Lipinski definition) is 0. The van der Waals surface area contributed by atoms with Crippen LogP contribution in [0.3, 0.4) is 0 Å². The number of nitriles is 1. The molecule has 0 aliphatic heterocycles. The van der Waals surface area contributed by atoms with Crippen molar-refractivity contribution in [3.8, 4) is 6.07 Å². The van der Waals surface area contributed by atoms with E-state index in [2.05, 4.69) is 5.18 Å². The third kappa shape index (κ3) is 3.52. The standard InChI is InChI=1S/C13H15N3O3/c1-3-19-13(17)16(9-8-14)10(2)11-6-4-5-7-12(11)15-18/h4-7,10H,3,9H2,1-2H3. The zero-order valence-electron chi connectivity index (χ0n) is 10.9. The van der Waals surface area contributed by atoms with E-state index in [0.717, 1.165) is 0 Å². The first-order chi connectivity index (χ1) is 9.15. The number of ether oxygens (including phenoxy) is 1. The average molecular weight is 261 g/mol. The Balaban J connectivity index is 3.05. The van der Waals surface area contributed by atoms with Gasteiger partial charge in [-0.25, -0.2) is 4.79 Å². The lowest BCUT2D eigenvalue weighted by Gasteiger charge is -2.26. The van der Waals surface area contributed by atoms with Crippen LogP contribution in [0, 0.1) is 16.2 Å². The Bertz CT molecular complexity index is 496. The highest BCUT2D eigenvalue weighted by molar-refractivity contribution is 5.69. The first-order valence-corrected chi connectivity index (χ1v) is 5.88. The molecule has 1 atom stereocenters. The van der Waals surface area contributed by atoms with Crippen molar-refractivity contribution in [1.82, 2.24) is 4.90 Å². The molecule has 0 heterocycles. The number of nitroso groups, excluding NO2 is 1. The van der Waals surface area contributed by atoms with Gasteiger partial charge in [0.1, 0.15) is 12.2 Å². The summed E-state index contributed by atoms with van der Waals surface area (Å²) >= 11 is 0. The van der Waals surface area contributed by atoms with Crippen LogP contribution in [0.15, 0.2) is 29.4 Å². The second-order valence-electron chi connectivity index (χ2n) is 3.81. The van der Waals surface area contributed by atoms with Crippen molar-refractivity contribution in [2.75, 3.05) is 13.2 Å². The molecular weight excluding hydrogens is 246 g/mol. The van der Waals surface area contributed by atoms with Crippen molar-refractivity contribution in [3.63, 3.8) is 0 Å². The minimum absolute atomic E-state index is 0.118. The Hall–Kier alpha value is -2.42. The summed E-state index contributed by atoms with van der Waals surface area (Å²) in [6.45, 7) is 3.51. The SMILES string of the molecule is CCOC(=O)N(CC#N)C(C)c1ccccc1N=O. The summed E-state index contributed by atoms with van der Waals surface area (Å²) in [4.78, 5) is 23.8. The molecule has 0 N–H and O–H groups in total. The molecule has 0 radical (unpaired) electrons. The average Bonchev–Trinajstić information content (AvgIpc) is 2.44. The smallest absolute Gasteiger partial charge is 0.411 e. The summed E-state index contributed by atoms with van der Waals surface area (Å²) in [6.07, 6.45) is -0.586. The molecule has 0 aliphatic rings. The van der Waals surface area contributed by atoms with Gasteiger partial charge in [-0.3, -0.25) is 4.90 Å². The van der Waals surface area contributed by atoms with Gasteiger partial charge >= 0.3 is 6.09 Å². The van der Waals surface area contributed by atoms with Crippen molar-refractivity contribution in [2.24, 2.45) is 5.18 Å². The first-order valence-electron chi connectivity index (χ1n) is 5.88. The fourth-order valence-corrected chi connectivity index (χ4v) is 1.73. The van der Waals surface area contributed by atoms with Crippen molar-refractivity contribution in [2.45, 2.75) is 19.9 Å². The molecule has 1 aromatic rings. The van der Waals surface area contributed by atoms with E-state index in [9.17, 15) is 9.70 Å². The number of rotatable bonds is 5. The highest BCUT2D eigenvalue weighted by atomic mass is 16.6. The molecular formula is C13H15N3O3. The number of benzene rings is 1. The van der Waals surface area contributed by atoms with Crippen LogP contribution < -0.4 is 0 Å². The van der Waals surface area contributed by atoms with Crippen LogP contribution in [0.2, 0.25) is 0 Å². The van der Waals surface area contributed by atoms with E-state index in [1.807, 2.05) is 6.07 Å². The van der Waals surface area contributed by atoms with Gasteiger partial charge in [-0.2, -0.15) is 5.26 Å². The Kier molecular flexibility index (Phi) is 5.48. The molecule has 0 saturated heterocycles. The molecule has 0 saturated carbocycles. The molecule has 0 aliphatic carbocycles. The molecule has 19 heavy (non-hydrogen) atoms. The minimum atomic E-state index is -0.586. The predicted molar refractivity (Wildman–Crippen MR) is 69.7 cm³/mol. The summed E-state index contributed by atoms with van der Waals surface area (Å²) in [6, 6.07) is 8.14. The van der Waals surface area contributed by atoms with E-state index in [1.165, 1.54) is 4.90 Å². The summed E-state index contributed by atoms with van der Waals surface area (Å²) in [7, 11) is 0. The minimum Gasteiger partial charge on any atom is -0.450 e. The lowest BCUT2D eigenvalue weighted by molar-refractivity contribution is 0.0989. The number of carbonyl (C=O) groups is 1. The van der Waals surface area contributed by atoms with Gasteiger partial charge in [-0.15, -0.1) is 4.91 Å². The van der Waals surface area contributed by atoms with E-state index >= 15 is 0 Å². The molecule has 0 bridgehead atoms. The van der Waals surface area contributed by atoms with Gasteiger partial charge in [-0.1, -0.05) is 18.2 Å². The summed E-state index contributed by atoms with van der Waals surface area (Å²) < 4.78 is 4.90. The van der Waals surface area contributed by atoms with Crippen LogP contribution in [-0.4, -0.2) is 24.1 Å². The Morgan fingerprint density at radius 3 is 2.79 bits per heavy atom. The van der Waals surface area contributed by atoms with Crippen molar-refractivity contribution in [3.05, 3.63) is 34.7 Å². The molecule has 1 amide bonds. The van der Waals surface area contributed by atoms with Gasteiger partial charge in [-0.05, 0) is 25.1 Å². The predicted octanol–water partition coefficient (Wildman–Crippen LogP) is 3.13. The van der Waals surface area contributed by atoms with Crippen molar-refractivity contribution in [1.29, 1.82) is 5.26 Å². The van der Waals surface area contributed by atoms with Crippen molar-refractivity contribution < 1.29 is 9.53 Å². The monoisotopic (exact) mass is 261 g/mol. The largest absolute Gasteiger partial charge is 0.450 e. The molecule has 100 valence electrons. The van der Waals surface area contributed by atoms with E-state index < -0.39 is 12.1 Å². The van der Waals surface area contributed by atoms with Gasteiger partial charge in [0.15, 0.2) is 0 Å². The highest BCUT2D eigenvalue weighted by Gasteiger charge is 2.24. The van der Waals surface area contributed by atoms with Gasteiger partial charge in [0, 0.05) is 5.56 Å². The van der Waals surface area contributed by atoms with Gasteiger partial charge in [0.05, 0.1) is 18.7 Å². The fourth-order valence-electron chi connectivity index (χ4n) is 1.73. The number of carbonyl (C=O) groups excluding carboxylic acids is 1. The number of nitrogens with zero attached hydrogens (tertiary/aromatic N) is 3. The second kappa shape index (κ2) is 7.11. The van der Waals surface area contributed by atoms with E-state index in [4.69, 9.17) is 10.00 Å². The maximum Gasteiger partial charge on any atom is 0.411 e. The number of amides is 1. The normalized spacial score (nSPS) is 11.2.